The van der Waals surface area contributed by atoms with Crippen molar-refractivity contribution in [3.8, 4) is 17.9 Å². The molecule has 5 heteroatoms. The zero-order valence-electron chi connectivity index (χ0n) is 12.3. The van der Waals surface area contributed by atoms with E-state index in [1.54, 1.807) is 26.8 Å². The first-order valence-electron chi connectivity index (χ1n) is 6.43. The van der Waals surface area contributed by atoms with E-state index in [0.29, 0.717) is 5.56 Å². The lowest BCUT2D eigenvalue weighted by atomic mass is 10.1. The summed E-state index contributed by atoms with van der Waals surface area (Å²) in [5.74, 6) is 4.81. The molecule has 1 amide bonds. The fourth-order valence-electron chi connectivity index (χ4n) is 1.44. The number of nitrogens with one attached hydrogen (secondary N) is 1. The van der Waals surface area contributed by atoms with Crippen LogP contribution < -0.4 is 5.32 Å². The van der Waals surface area contributed by atoms with Gasteiger partial charge in [0.05, 0.1) is 24.6 Å². The average Bonchev–Trinajstić information content (AvgIpc) is 2.36. The molecule has 0 saturated heterocycles. The molecule has 0 aliphatic heterocycles. The number of rotatable bonds is 2. The summed E-state index contributed by atoms with van der Waals surface area (Å²) in [5.41, 5.74) is 0.326. The number of carbonyl (C=O) groups is 1. The molecular formula is C16H17FN2O2. The highest BCUT2D eigenvalue weighted by Gasteiger charge is 2.15. The Kier molecular flexibility index (Phi) is 5.75. The predicted octanol–water partition coefficient (Wildman–Crippen LogP) is 2.77. The van der Waals surface area contributed by atoms with E-state index >= 15 is 0 Å². The lowest BCUT2D eigenvalue weighted by Crippen LogP contribution is -2.32. The lowest BCUT2D eigenvalue weighted by Gasteiger charge is -2.19. The predicted molar refractivity (Wildman–Crippen MR) is 76.8 cm³/mol. The van der Waals surface area contributed by atoms with Gasteiger partial charge in [0.1, 0.15) is 11.4 Å². The highest BCUT2D eigenvalue weighted by molar-refractivity contribution is 5.68. The number of nitrogens with zero attached hydrogens (tertiary/aromatic N) is 1. The summed E-state index contributed by atoms with van der Waals surface area (Å²) in [6.07, 6.45) is -0.374. The van der Waals surface area contributed by atoms with Gasteiger partial charge in [0.2, 0.25) is 0 Å². The Morgan fingerprint density at radius 1 is 1.43 bits per heavy atom. The van der Waals surface area contributed by atoms with E-state index in [-0.39, 0.29) is 18.5 Å². The first kappa shape index (κ1) is 16.5. The molecule has 1 rings (SSSR count). The molecule has 0 unspecified atom stereocenters. The van der Waals surface area contributed by atoms with Crippen molar-refractivity contribution < 1.29 is 13.9 Å². The SMILES string of the molecule is CC(C)(C)OC(=O)NCC#Cc1cc(CC#N)ccc1F. The Balaban J connectivity index is 2.61. The normalized spacial score (nSPS) is 10.0. The van der Waals surface area contributed by atoms with Gasteiger partial charge in [-0.2, -0.15) is 5.26 Å². The number of alkyl carbamates (subject to hydrolysis) is 1. The van der Waals surface area contributed by atoms with Crippen LogP contribution in [0.1, 0.15) is 31.9 Å². The van der Waals surface area contributed by atoms with Crippen molar-refractivity contribution in [3.05, 3.63) is 35.1 Å². The number of hydrogen-bond acceptors (Lipinski definition) is 3. The quantitative estimate of drug-likeness (QED) is 0.851. The topological polar surface area (TPSA) is 62.1 Å². The number of amides is 1. The third kappa shape index (κ3) is 6.44. The summed E-state index contributed by atoms with van der Waals surface area (Å²) in [6.45, 7) is 5.33. The molecule has 0 aliphatic rings. The number of carbonyl (C=O) groups excluding carboxylic acids is 1. The number of nitriles is 1. The summed E-state index contributed by atoms with van der Waals surface area (Å²) in [5, 5.41) is 11.1. The number of hydrogen-bond donors (Lipinski definition) is 1. The second kappa shape index (κ2) is 7.31. The Labute approximate surface area is 123 Å². The zero-order chi connectivity index (χ0) is 15.9. The molecule has 0 atom stereocenters. The van der Waals surface area contributed by atoms with Crippen molar-refractivity contribution >= 4 is 6.09 Å². The molecule has 4 nitrogen and oxygen atoms in total. The van der Waals surface area contributed by atoms with Gasteiger partial charge < -0.3 is 10.1 Å². The van der Waals surface area contributed by atoms with Crippen molar-refractivity contribution in [1.29, 1.82) is 5.26 Å². The molecule has 0 aromatic heterocycles. The monoisotopic (exact) mass is 288 g/mol. The minimum Gasteiger partial charge on any atom is -0.444 e. The van der Waals surface area contributed by atoms with Gasteiger partial charge in [0.15, 0.2) is 0 Å². The third-order valence-corrected chi connectivity index (χ3v) is 2.26. The standard InChI is InChI=1S/C16H17FN2O2/c1-16(2,3)21-15(20)19-10-4-5-13-11-12(8-9-18)6-7-14(13)17/h6-7,11H,8,10H2,1-3H3,(H,19,20). The van der Waals surface area contributed by atoms with Gasteiger partial charge in [0.25, 0.3) is 0 Å². The fraction of sp³-hybridized carbons (Fsp3) is 0.375. The maximum Gasteiger partial charge on any atom is 0.408 e. The van der Waals surface area contributed by atoms with Crippen LogP contribution in [0, 0.1) is 29.0 Å². The van der Waals surface area contributed by atoms with Crippen molar-refractivity contribution in [2.45, 2.75) is 32.8 Å². The van der Waals surface area contributed by atoms with E-state index in [1.165, 1.54) is 12.1 Å². The highest BCUT2D eigenvalue weighted by atomic mass is 19.1. The molecule has 1 aromatic carbocycles. The van der Waals surface area contributed by atoms with Crippen LogP contribution in [0.2, 0.25) is 0 Å². The molecule has 0 saturated carbocycles. The molecule has 110 valence electrons. The molecular weight excluding hydrogens is 271 g/mol. The van der Waals surface area contributed by atoms with Gasteiger partial charge >= 0.3 is 6.09 Å². The van der Waals surface area contributed by atoms with Crippen molar-refractivity contribution in [2.75, 3.05) is 6.54 Å². The molecule has 21 heavy (non-hydrogen) atoms. The van der Waals surface area contributed by atoms with Gasteiger partial charge in [0, 0.05) is 0 Å². The average molecular weight is 288 g/mol. The van der Waals surface area contributed by atoms with Crippen molar-refractivity contribution in [3.63, 3.8) is 0 Å². The third-order valence-electron chi connectivity index (χ3n) is 2.26. The van der Waals surface area contributed by atoms with Crippen LogP contribution in [0.5, 0.6) is 0 Å². The van der Waals surface area contributed by atoms with Crippen LogP contribution in [0.15, 0.2) is 18.2 Å². The van der Waals surface area contributed by atoms with Gasteiger partial charge in [-0.15, -0.1) is 0 Å². The summed E-state index contributed by atoms with van der Waals surface area (Å²) in [4.78, 5) is 11.4. The summed E-state index contributed by atoms with van der Waals surface area (Å²) < 4.78 is 18.6. The second-order valence-electron chi connectivity index (χ2n) is 5.31. The molecule has 1 N–H and O–H groups in total. The minimum atomic E-state index is -0.574. The summed E-state index contributed by atoms with van der Waals surface area (Å²) in [6, 6.07) is 6.34. The summed E-state index contributed by atoms with van der Waals surface area (Å²) >= 11 is 0. The molecule has 0 bridgehead atoms. The van der Waals surface area contributed by atoms with Crippen LogP contribution in [-0.4, -0.2) is 18.2 Å². The largest absolute Gasteiger partial charge is 0.444 e. The maximum absolute atomic E-state index is 13.5. The van der Waals surface area contributed by atoms with Crippen LogP contribution in [-0.2, 0) is 11.2 Å². The minimum absolute atomic E-state index is 0.0524. The molecule has 0 fully saturated rings. The first-order chi connectivity index (χ1) is 9.81. The molecule has 1 aromatic rings. The van der Waals surface area contributed by atoms with Gasteiger partial charge in [-0.3, -0.25) is 0 Å². The van der Waals surface area contributed by atoms with Crippen molar-refractivity contribution in [1.82, 2.24) is 5.32 Å². The van der Waals surface area contributed by atoms with Crippen molar-refractivity contribution in [2.24, 2.45) is 0 Å². The van der Waals surface area contributed by atoms with Crippen LogP contribution in [0.25, 0.3) is 0 Å². The zero-order valence-corrected chi connectivity index (χ0v) is 12.3. The number of benzene rings is 1. The Hall–Kier alpha value is -2.53. The second-order valence-corrected chi connectivity index (χ2v) is 5.31. The fourth-order valence-corrected chi connectivity index (χ4v) is 1.44. The molecule has 0 radical (unpaired) electrons. The van der Waals surface area contributed by atoms with Gasteiger partial charge in [-0.1, -0.05) is 17.9 Å². The molecule has 0 heterocycles. The number of ether oxygens (including phenoxy) is 1. The van der Waals surface area contributed by atoms with E-state index in [2.05, 4.69) is 17.2 Å². The number of halogens is 1. The van der Waals surface area contributed by atoms with Gasteiger partial charge in [-0.25, -0.2) is 9.18 Å². The smallest absolute Gasteiger partial charge is 0.408 e. The van der Waals surface area contributed by atoms with E-state index in [1.807, 2.05) is 6.07 Å². The Bertz CT molecular complexity index is 616. The van der Waals surface area contributed by atoms with Gasteiger partial charge in [-0.05, 0) is 38.5 Å². The maximum atomic E-state index is 13.5. The van der Waals surface area contributed by atoms with E-state index < -0.39 is 17.5 Å². The Morgan fingerprint density at radius 3 is 2.76 bits per heavy atom. The Morgan fingerprint density at radius 2 is 2.14 bits per heavy atom. The summed E-state index contributed by atoms with van der Waals surface area (Å²) in [7, 11) is 0. The van der Waals surface area contributed by atoms with E-state index in [0.717, 1.165) is 0 Å². The van der Waals surface area contributed by atoms with Crippen LogP contribution in [0.4, 0.5) is 9.18 Å². The lowest BCUT2D eigenvalue weighted by molar-refractivity contribution is 0.0535. The van der Waals surface area contributed by atoms with E-state index in [9.17, 15) is 9.18 Å². The van der Waals surface area contributed by atoms with E-state index in [4.69, 9.17) is 10.00 Å². The van der Waals surface area contributed by atoms with Crippen LogP contribution in [0.3, 0.4) is 0 Å². The van der Waals surface area contributed by atoms with Crippen LogP contribution >= 0.6 is 0 Å². The molecule has 0 spiro atoms. The first-order valence-corrected chi connectivity index (χ1v) is 6.43. The molecule has 0 aliphatic carbocycles. The highest BCUT2D eigenvalue weighted by Crippen LogP contribution is 2.10.